The summed E-state index contributed by atoms with van der Waals surface area (Å²) in [6.07, 6.45) is 0.183. The number of amides is 1. The molecule has 1 amide bonds. The lowest BCUT2D eigenvalue weighted by molar-refractivity contribution is -0.124. The molecule has 1 rings (SSSR count). The summed E-state index contributed by atoms with van der Waals surface area (Å²) in [7, 11) is 1.56. The van der Waals surface area contributed by atoms with E-state index in [0.717, 1.165) is 26.2 Å². The molecule has 0 radical (unpaired) electrons. The van der Waals surface area contributed by atoms with E-state index in [4.69, 9.17) is 15.2 Å². The molecule has 2 atom stereocenters. The van der Waals surface area contributed by atoms with Crippen LogP contribution < -0.4 is 11.1 Å². The van der Waals surface area contributed by atoms with Gasteiger partial charge in [0, 0.05) is 33.3 Å². The van der Waals surface area contributed by atoms with E-state index in [1.54, 1.807) is 7.11 Å². The standard InChI is InChI=1S/C12H25N3O3/c1-3-15-4-5-18-11(9-15)8-14-12(16)6-10(7-13)17-2/h10-11H,3-9,13H2,1-2H3,(H,14,16). The number of morpholine rings is 1. The van der Waals surface area contributed by atoms with Crippen molar-refractivity contribution in [3.8, 4) is 0 Å². The van der Waals surface area contributed by atoms with Crippen LogP contribution in [0.15, 0.2) is 0 Å². The molecular formula is C12H25N3O3. The summed E-state index contributed by atoms with van der Waals surface area (Å²) in [4.78, 5) is 14.0. The number of rotatable bonds is 7. The number of ether oxygens (including phenoxy) is 2. The number of carbonyl (C=O) groups is 1. The van der Waals surface area contributed by atoms with Crippen molar-refractivity contribution in [3.63, 3.8) is 0 Å². The van der Waals surface area contributed by atoms with Gasteiger partial charge in [0.1, 0.15) is 0 Å². The van der Waals surface area contributed by atoms with Crippen molar-refractivity contribution in [2.75, 3.05) is 46.4 Å². The zero-order valence-corrected chi connectivity index (χ0v) is 11.4. The fourth-order valence-electron chi connectivity index (χ4n) is 1.96. The summed E-state index contributed by atoms with van der Waals surface area (Å²) in [5.74, 6) is -0.0375. The molecule has 6 nitrogen and oxygen atoms in total. The van der Waals surface area contributed by atoms with Crippen LogP contribution in [-0.4, -0.2) is 69.5 Å². The molecule has 0 saturated carbocycles. The van der Waals surface area contributed by atoms with Crippen LogP contribution in [-0.2, 0) is 14.3 Å². The van der Waals surface area contributed by atoms with E-state index in [0.29, 0.717) is 19.5 Å². The maximum absolute atomic E-state index is 11.6. The number of nitrogens with zero attached hydrogens (tertiary/aromatic N) is 1. The first-order chi connectivity index (χ1) is 8.69. The minimum Gasteiger partial charge on any atom is -0.380 e. The summed E-state index contributed by atoms with van der Waals surface area (Å²) < 4.78 is 10.7. The third-order valence-electron chi connectivity index (χ3n) is 3.21. The zero-order chi connectivity index (χ0) is 13.4. The topological polar surface area (TPSA) is 76.8 Å². The van der Waals surface area contributed by atoms with E-state index in [1.807, 2.05) is 0 Å². The molecule has 0 aliphatic carbocycles. The summed E-state index contributed by atoms with van der Waals surface area (Å²) in [5.41, 5.74) is 5.47. The van der Waals surface area contributed by atoms with Crippen molar-refractivity contribution in [1.82, 2.24) is 10.2 Å². The van der Waals surface area contributed by atoms with Crippen LogP contribution in [0.5, 0.6) is 0 Å². The van der Waals surface area contributed by atoms with Crippen LogP contribution in [0, 0.1) is 0 Å². The average molecular weight is 259 g/mol. The minimum atomic E-state index is -0.204. The van der Waals surface area contributed by atoms with Gasteiger partial charge in [0.2, 0.25) is 5.91 Å². The van der Waals surface area contributed by atoms with Crippen LogP contribution >= 0.6 is 0 Å². The highest BCUT2D eigenvalue weighted by molar-refractivity contribution is 5.76. The zero-order valence-electron chi connectivity index (χ0n) is 11.4. The van der Waals surface area contributed by atoms with Crippen molar-refractivity contribution < 1.29 is 14.3 Å². The molecule has 106 valence electrons. The fraction of sp³-hybridized carbons (Fsp3) is 0.917. The molecule has 1 aliphatic rings. The van der Waals surface area contributed by atoms with Gasteiger partial charge < -0.3 is 20.5 Å². The Morgan fingerprint density at radius 1 is 1.67 bits per heavy atom. The minimum absolute atomic E-state index is 0.0375. The second-order valence-electron chi connectivity index (χ2n) is 4.49. The average Bonchev–Trinajstić information content (AvgIpc) is 2.42. The van der Waals surface area contributed by atoms with E-state index in [-0.39, 0.29) is 18.1 Å². The second-order valence-corrected chi connectivity index (χ2v) is 4.49. The van der Waals surface area contributed by atoms with Gasteiger partial charge in [0.25, 0.3) is 0 Å². The van der Waals surface area contributed by atoms with Crippen molar-refractivity contribution in [2.24, 2.45) is 5.73 Å². The van der Waals surface area contributed by atoms with Gasteiger partial charge in [-0.2, -0.15) is 0 Å². The van der Waals surface area contributed by atoms with Crippen molar-refractivity contribution in [2.45, 2.75) is 25.6 Å². The summed E-state index contributed by atoms with van der Waals surface area (Å²) in [6.45, 7) is 6.64. The molecule has 3 N–H and O–H groups in total. The lowest BCUT2D eigenvalue weighted by Gasteiger charge is -2.32. The van der Waals surface area contributed by atoms with Gasteiger partial charge in [-0.1, -0.05) is 6.92 Å². The molecule has 0 spiro atoms. The maximum atomic E-state index is 11.6. The molecule has 0 aromatic rings. The molecule has 1 fully saturated rings. The van der Waals surface area contributed by atoms with Gasteiger partial charge in [-0.15, -0.1) is 0 Å². The first-order valence-electron chi connectivity index (χ1n) is 6.53. The van der Waals surface area contributed by atoms with Crippen LogP contribution in [0.4, 0.5) is 0 Å². The van der Waals surface area contributed by atoms with E-state index in [9.17, 15) is 4.79 Å². The Labute approximate surface area is 109 Å². The molecule has 0 aromatic heterocycles. The van der Waals surface area contributed by atoms with Gasteiger partial charge in [-0.3, -0.25) is 9.69 Å². The van der Waals surface area contributed by atoms with E-state index in [1.165, 1.54) is 0 Å². The van der Waals surface area contributed by atoms with E-state index < -0.39 is 0 Å². The van der Waals surface area contributed by atoms with Gasteiger partial charge in [0.15, 0.2) is 0 Å². The van der Waals surface area contributed by atoms with Crippen LogP contribution in [0.25, 0.3) is 0 Å². The van der Waals surface area contributed by atoms with Crippen LogP contribution in [0.1, 0.15) is 13.3 Å². The van der Waals surface area contributed by atoms with Gasteiger partial charge >= 0.3 is 0 Å². The number of hydrogen-bond acceptors (Lipinski definition) is 5. The Balaban J connectivity index is 2.21. The Kier molecular flexibility index (Phi) is 7.19. The quantitative estimate of drug-likeness (QED) is 0.625. The SMILES string of the molecule is CCN1CCOC(CNC(=O)CC(CN)OC)C1. The smallest absolute Gasteiger partial charge is 0.222 e. The van der Waals surface area contributed by atoms with E-state index in [2.05, 4.69) is 17.1 Å². The van der Waals surface area contributed by atoms with Crippen molar-refractivity contribution in [3.05, 3.63) is 0 Å². The fourth-order valence-corrected chi connectivity index (χ4v) is 1.96. The number of methoxy groups -OCH3 is 1. The van der Waals surface area contributed by atoms with Crippen LogP contribution in [0.2, 0.25) is 0 Å². The molecule has 1 saturated heterocycles. The highest BCUT2D eigenvalue weighted by atomic mass is 16.5. The normalized spacial score (nSPS) is 22.7. The third kappa shape index (κ3) is 5.30. The molecule has 6 heteroatoms. The molecule has 0 bridgehead atoms. The van der Waals surface area contributed by atoms with E-state index >= 15 is 0 Å². The number of carbonyl (C=O) groups excluding carboxylic acids is 1. The predicted octanol–water partition coefficient (Wildman–Crippen LogP) is -0.813. The highest BCUT2D eigenvalue weighted by Gasteiger charge is 2.20. The lowest BCUT2D eigenvalue weighted by atomic mass is 10.2. The van der Waals surface area contributed by atoms with Crippen molar-refractivity contribution in [1.29, 1.82) is 0 Å². The third-order valence-corrected chi connectivity index (χ3v) is 3.21. The first-order valence-corrected chi connectivity index (χ1v) is 6.53. The largest absolute Gasteiger partial charge is 0.380 e. The Morgan fingerprint density at radius 2 is 2.44 bits per heavy atom. The highest BCUT2D eigenvalue weighted by Crippen LogP contribution is 2.04. The van der Waals surface area contributed by atoms with Gasteiger partial charge in [-0.25, -0.2) is 0 Å². The Bertz CT molecular complexity index is 247. The number of hydrogen-bond donors (Lipinski definition) is 2. The summed E-state index contributed by atoms with van der Waals surface area (Å²) in [6, 6.07) is 0. The predicted molar refractivity (Wildman–Crippen MR) is 69.3 cm³/mol. The monoisotopic (exact) mass is 259 g/mol. The number of nitrogens with two attached hydrogens (primary N) is 1. The number of nitrogens with one attached hydrogen (secondary N) is 1. The molecule has 1 heterocycles. The number of likely N-dealkylation sites (N-methyl/N-ethyl adjacent to an activating group) is 1. The first kappa shape index (κ1) is 15.4. The maximum Gasteiger partial charge on any atom is 0.222 e. The molecule has 1 aliphatic heterocycles. The Hall–Kier alpha value is -0.690. The summed E-state index contributed by atoms with van der Waals surface area (Å²) in [5, 5.41) is 2.87. The molecule has 0 aromatic carbocycles. The van der Waals surface area contributed by atoms with Gasteiger partial charge in [0.05, 0.1) is 25.2 Å². The van der Waals surface area contributed by atoms with Gasteiger partial charge in [-0.05, 0) is 6.54 Å². The molecule has 2 unspecified atom stereocenters. The van der Waals surface area contributed by atoms with Crippen LogP contribution in [0.3, 0.4) is 0 Å². The summed E-state index contributed by atoms with van der Waals surface area (Å²) >= 11 is 0. The molecular weight excluding hydrogens is 234 g/mol. The lowest BCUT2D eigenvalue weighted by Crippen LogP contribution is -2.47. The molecule has 18 heavy (non-hydrogen) atoms. The Morgan fingerprint density at radius 3 is 3.06 bits per heavy atom. The second kappa shape index (κ2) is 8.42. The van der Waals surface area contributed by atoms with Crippen molar-refractivity contribution >= 4 is 5.91 Å².